The summed E-state index contributed by atoms with van der Waals surface area (Å²) in [6.07, 6.45) is 6.59. The summed E-state index contributed by atoms with van der Waals surface area (Å²) in [6, 6.07) is 10.7. The van der Waals surface area contributed by atoms with Gasteiger partial charge in [-0.2, -0.15) is 0 Å². The second-order valence-corrected chi connectivity index (χ2v) is 9.86. The van der Waals surface area contributed by atoms with Crippen molar-refractivity contribution >= 4 is 37.2 Å². The van der Waals surface area contributed by atoms with Crippen LogP contribution < -0.4 is 15.5 Å². The van der Waals surface area contributed by atoms with E-state index in [-0.39, 0.29) is 5.43 Å². The number of piperidine rings is 2. The summed E-state index contributed by atoms with van der Waals surface area (Å²) in [5.41, 5.74) is 2.24. The first-order chi connectivity index (χ1) is 14.7. The van der Waals surface area contributed by atoms with E-state index in [2.05, 4.69) is 29.3 Å². The number of hydrogen-bond donors (Lipinski definition) is 1. The van der Waals surface area contributed by atoms with Crippen LogP contribution in [0.15, 0.2) is 35.1 Å². The Morgan fingerprint density at radius 2 is 2.00 bits per heavy atom. The molecule has 0 bridgehead atoms. The molecule has 2 aromatic carbocycles. The van der Waals surface area contributed by atoms with Gasteiger partial charge in [0.15, 0.2) is 5.43 Å². The van der Waals surface area contributed by atoms with Crippen molar-refractivity contribution in [2.75, 3.05) is 32.1 Å². The fourth-order valence-electron chi connectivity index (χ4n) is 5.39. The third kappa shape index (κ3) is 3.48. The number of fused-ring (bicyclic) bond motifs is 3. The summed E-state index contributed by atoms with van der Waals surface area (Å²) in [5.74, 6) is 1.39. The molecule has 0 saturated carbocycles. The Kier molecular flexibility index (Phi) is 5.42. The van der Waals surface area contributed by atoms with Crippen LogP contribution in [0.25, 0.3) is 20.2 Å². The van der Waals surface area contributed by atoms with E-state index in [1.807, 2.05) is 18.2 Å². The Morgan fingerprint density at radius 3 is 2.87 bits per heavy atom. The van der Waals surface area contributed by atoms with Crippen LogP contribution in [0.5, 0.6) is 5.75 Å². The molecule has 2 atom stereocenters. The third-order valence-corrected chi connectivity index (χ3v) is 8.31. The molecule has 4 nitrogen and oxygen atoms in total. The fourth-order valence-corrected chi connectivity index (χ4v) is 6.55. The van der Waals surface area contributed by atoms with E-state index in [0.717, 1.165) is 43.7 Å². The summed E-state index contributed by atoms with van der Waals surface area (Å²) in [6.45, 7) is 5.56. The van der Waals surface area contributed by atoms with Crippen LogP contribution in [0.2, 0.25) is 0 Å². The predicted octanol–water partition coefficient (Wildman–Crippen LogP) is 5.41. The molecule has 158 valence electrons. The van der Waals surface area contributed by atoms with E-state index < -0.39 is 0 Å². The zero-order chi connectivity index (χ0) is 20.7. The highest BCUT2D eigenvalue weighted by atomic mass is 32.1. The smallest absolute Gasteiger partial charge is 0.198 e. The second kappa shape index (κ2) is 8.20. The molecule has 2 saturated heterocycles. The van der Waals surface area contributed by atoms with Crippen molar-refractivity contribution < 1.29 is 4.74 Å². The summed E-state index contributed by atoms with van der Waals surface area (Å²) in [5, 5.41) is 5.28. The van der Waals surface area contributed by atoms with Crippen LogP contribution in [0.1, 0.15) is 37.7 Å². The zero-order valence-corrected chi connectivity index (χ0v) is 18.7. The number of nitrogens with one attached hydrogen (secondary N) is 1. The van der Waals surface area contributed by atoms with Crippen molar-refractivity contribution in [3.8, 4) is 5.75 Å². The minimum atomic E-state index is 0.104. The molecule has 0 aliphatic carbocycles. The average Bonchev–Trinajstić information content (AvgIpc) is 2.79. The standard InChI is InChI=1S/C25H30N2O2S/c1-16-8-10-20(26-15-17-6-5-13-27-12-4-3-7-21(17)27)23-24(28)19-14-18(29-2)9-11-22(19)30-25(16)23/h8-11,14,17,21,26H,3-7,12-13,15H2,1-2H3. The first-order valence-corrected chi connectivity index (χ1v) is 12.0. The van der Waals surface area contributed by atoms with Crippen molar-refractivity contribution in [1.29, 1.82) is 0 Å². The minimum absolute atomic E-state index is 0.104. The highest BCUT2D eigenvalue weighted by Gasteiger charge is 2.32. The van der Waals surface area contributed by atoms with Gasteiger partial charge in [-0.3, -0.25) is 4.79 Å². The van der Waals surface area contributed by atoms with Gasteiger partial charge in [0.05, 0.1) is 12.5 Å². The Hall–Kier alpha value is -2.11. The van der Waals surface area contributed by atoms with E-state index in [0.29, 0.717) is 12.0 Å². The van der Waals surface area contributed by atoms with Gasteiger partial charge in [0.1, 0.15) is 5.75 Å². The topological polar surface area (TPSA) is 41.6 Å². The number of anilines is 1. The minimum Gasteiger partial charge on any atom is -0.497 e. The molecule has 5 rings (SSSR count). The maximum Gasteiger partial charge on any atom is 0.198 e. The van der Waals surface area contributed by atoms with Crippen molar-refractivity contribution in [2.24, 2.45) is 5.92 Å². The molecule has 0 spiro atoms. The van der Waals surface area contributed by atoms with Gasteiger partial charge in [-0.15, -0.1) is 11.3 Å². The molecule has 1 N–H and O–H groups in total. The summed E-state index contributed by atoms with van der Waals surface area (Å²) in [4.78, 5) is 16.2. The van der Waals surface area contributed by atoms with Gasteiger partial charge in [0.2, 0.25) is 0 Å². The van der Waals surface area contributed by atoms with Crippen LogP contribution in [-0.4, -0.2) is 37.7 Å². The predicted molar refractivity (Wildman–Crippen MR) is 127 cm³/mol. The lowest BCUT2D eigenvalue weighted by Crippen LogP contribution is -2.49. The van der Waals surface area contributed by atoms with Gasteiger partial charge in [-0.25, -0.2) is 0 Å². The van der Waals surface area contributed by atoms with Crippen molar-refractivity contribution in [1.82, 2.24) is 4.90 Å². The first-order valence-electron chi connectivity index (χ1n) is 11.2. The quantitative estimate of drug-likeness (QED) is 0.571. The molecule has 3 aromatic rings. The van der Waals surface area contributed by atoms with Crippen LogP contribution in [-0.2, 0) is 0 Å². The van der Waals surface area contributed by atoms with E-state index >= 15 is 0 Å². The van der Waals surface area contributed by atoms with Gasteiger partial charge < -0.3 is 15.0 Å². The van der Waals surface area contributed by atoms with Gasteiger partial charge >= 0.3 is 0 Å². The monoisotopic (exact) mass is 422 g/mol. The number of hydrogen-bond acceptors (Lipinski definition) is 5. The molecular formula is C25H30N2O2S. The van der Waals surface area contributed by atoms with Crippen molar-refractivity contribution in [3.63, 3.8) is 0 Å². The summed E-state index contributed by atoms with van der Waals surface area (Å²) < 4.78 is 7.47. The van der Waals surface area contributed by atoms with Crippen molar-refractivity contribution in [2.45, 2.75) is 45.1 Å². The van der Waals surface area contributed by atoms with E-state index in [9.17, 15) is 4.79 Å². The molecule has 0 amide bonds. The largest absolute Gasteiger partial charge is 0.497 e. The Labute approximate surface area is 181 Å². The van der Waals surface area contributed by atoms with E-state index in [1.165, 1.54) is 45.2 Å². The van der Waals surface area contributed by atoms with Gasteiger partial charge in [0, 0.05) is 33.1 Å². The second-order valence-electron chi connectivity index (χ2n) is 8.81. The van der Waals surface area contributed by atoms with Gasteiger partial charge in [-0.05, 0) is 81.4 Å². The van der Waals surface area contributed by atoms with Crippen LogP contribution >= 0.6 is 11.3 Å². The van der Waals surface area contributed by atoms with Crippen LogP contribution in [0, 0.1) is 12.8 Å². The van der Waals surface area contributed by atoms with Crippen LogP contribution in [0.3, 0.4) is 0 Å². The number of aryl methyl sites for hydroxylation is 1. The average molecular weight is 423 g/mol. The number of ether oxygens (including phenoxy) is 1. The maximum atomic E-state index is 13.5. The maximum absolute atomic E-state index is 13.5. The lowest BCUT2D eigenvalue weighted by atomic mass is 9.83. The number of rotatable bonds is 4. The van der Waals surface area contributed by atoms with E-state index in [4.69, 9.17) is 4.74 Å². The van der Waals surface area contributed by atoms with Gasteiger partial charge in [-0.1, -0.05) is 12.5 Å². The molecule has 2 unspecified atom stereocenters. The molecule has 5 heteroatoms. The Morgan fingerprint density at radius 1 is 1.13 bits per heavy atom. The molecular weight excluding hydrogens is 392 g/mol. The highest BCUT2D eigenvalue weighted by molar-refractivity contribution is 7.24. The molecule has 2 fully saturated rings. The van der Waals surface area contributed by atoms with E-state index in [1.54, 1.807) is 18.4 Å². The number of benzene rings is 2. The zero-order valence-electron chi connectivity index (χ0n) is 17.9. The molecule has 30 heavy (non-hydrogen) atoms. The fraction of sp³-hybridized carbons (Fsp3) is 0.480. The normalized spacial score (nSPS) is 22.2. The van der Waals surface area contributed by atoms with Crippen molar-refractivity contribution in [3.05, 3.63) is 46.1 Å². The Balaban J connectivity index is 1.51. The van der Waals surface area contributed by atoms with Crippen LogP contribution in [0.4, 0.5) is 5.69 Å². The first kappa shape index (κ1) is 19.8. The molecule has 1 aromatic heterocycles. The molecule has 2 aliphatic rings. The molecule has 2 aliphatic heterocycles. The number of nitrogens with zero attached hydrogens (tertiary/aromatic N) is 1. The molecule has 0 radical (unpaired) electrons. The highest BCUT2D eigenvalue weighted by Crippen LogP contribution is 2.35. The summed E-state index contributed by atoms with van der Waals surface area (Å²) in [7, 11) is 1.64. The van der Waals surface area contributed by atoms with Gasteiger partial charge in [0.25, 0.3) is 0 Å². The number of methoxy groups -OCH3 is 1. The SMILES string of the molecule is COc1ccc2sc3c(C)ccc(NCC4CCCN5CCCCC45)c3c(=O)c2c1. The third-order valence-electron chi connectivity index (χ3n) is 7.01. The Bertz CT molecular complexity index is 1140. The molecule has 3 heterocycles. The lowest BCUT2D eigenvalue weighted by molar-refractivity contribution is 0.0649. The summed E-state index contributed by atoms with van der Waals surface area (Å²) >= 11 is 1.70. The lowest BCUT2D eigenvalue weighted by Gasteiger charge is -2.44.